The predicted octanol–water partition coefficient (Wildman–Crippen LogP) is 4.64. The average molecular weight is 429 g/mol. The van der Waals surface area contributed by atoms with Crippen LogP contribution >= 0.6 is 12.2 Å². The first-order chi connectivity index (χ1) is 12.5. The zero-order valence-corrected chi connectivity index (χ0v) is 15.8. The number of benzene rings is 1. The fourth-order valence-corrected chi connectivity index (χ4v) is 2.62. The van der Waals surface area contributed by atoms with Gasteiger partial charge in [-0.3, -0.25) is 0 Å². The van der Waals surface area contributed by atoms with Crippen LogP contribution in [0.25, 0.3) is 0 Å². The minimum atomic E-state index is -5.06. The Balaban J connectivity index is 2.24. The van der Waals surface area contributed by atoms with Gasteiger partial charge in [0.05, 0.1) is 0 Å². The Bertz CT molecular complexity index is 771. The number of aliphatic hydroxyl groups is 1. The van der Waals surface area contributed by atoms with Gasteiger partial charge >= 0.3 is 12.5 Å². The van der Waals surface area contributed by atoms with Gasteiger partial charge in [0, 0.05) is 23.2 Å². The van der Waals surface area contributed by atoms with Crippen molar-refractivity contribution in [1.29, 1.82) is 0 Å². The van der Waals surface area contributed by atoms with Crippen LogP contribution in [0.4, 0.5) is 32.0 Å². The van der Waals surface area contributed by atoms with Crippen molar-refractivity contribution >= 4 is 28.7 Å². The molecule has 1 aliphatic heterocycles. The van der Waals surface area contributed by atoms with Crippen molar-refractivity contribution in [3.05, 3.63) is 24.3 Å². The minimum Gasteiger partial charge on any atom is -0.406 e. The number of ether oxygens (including phenoxy) is 1. The van der Waals surface area contributed by atoms with Crippen molar-refractivity contribution in [2.45, 2.75) is 45.5 Å². The summed E-state index contributed by atoms with van der Waals surface area (Å²) in [5, 5.41) is 16.2. The maximum atomic E-state index is 13.5. The van der Waals surface area contributed by atoms with Crippen LogP contribution in [0.1, 0.15) is 27.2 Å². The third-order valence-electron chi connectivity index (χ3n) is 3.84. The van der Waals surface area contributed by atoms with Crippen LogP contribution in [0.2, 0.25) is 0 Å². The molecule has 1 unspecified atom stereocenters. The third-order valence-corrected chi connectivity index (χ3v) is 4.11. The SMILES string of the molecule is CC(C)(C)C1=NN(C(=S)Nc2ccc(OC(F)(F)F)cc2)C(O)(C(F)(F)F)C1. The number of nitrogens with zero attached hydrogens (tertiary/aromatic N) is 2. The first-order valence-electron chi connectivity index (χ1n) is 7.87. The summed E-state index contributed by atoms with van der Waals surface area (Å²) in [6, 6.07) is 4.18. The van der Waals surface area contributed by atoms with E-state index in [1.54, 1.807) is 20.8 Å². The highest BCUT2D eigenvalue weighted by molar-refractivity contribution is 7.80. The van der Waals surface area contributed by atoms with Crippen molar-refractivity contribution in [3.8, 4) is 5.75 Å². The van der Waals surface area contributed by atoms with Gasteiger partial charge < -0.3 is 15.2 Å². The molecular formula is C16H17F6N3O2S. The Kier molecular flexibility index (Phi) is 5.61. The highest BCUT2D eigenvalue weighted by Gasteiger charge is 2.63. The van der Waals surface area contributed by atoms with E-state index in [-0.39, 0.29) is 16.4 Å². The van der Waals surface area contributed by atoms with Gasteiger partial charge in [-0.15, -0.1) is 13.2 Å². The standard InChI is InChI=1S/C16H17F6N3O2S/c1-13(2,3)11-8-14(26,15(17,18)19)25(24-11)12(28)23-9-4-6-10(7-5-9)27-16(20,21)22/h4-7,26H,8H2,1-3H3,(H,23,28). The van der Waals surface area contributed by atoms with Crippen molar-refractivity contribution in [2.75, 3.05) is 5.32 Å². The molecule has 0 amide bonds. The normalized spacial score (nSPS) is 20.8. The number of hydrogen-bond donors (Lipinski definition) is 2. The summed E-state index contributed by atoms with van der Waals surface area (Å²) in [5.74, 6) is -0.509. The molecule has 1 aromatic rings. The third kappa shape index (κ3) is 4.85. The summed E-state index contributed by atoms with van der Waals surface area (Å²) < 4.78 is 80.7. The zero-order valence-electron chi connectivity index (χ0n) is 14.9. The zero-order chi connectivity index (χ0) is 21.5. The van der Waals surface area contributed by atoms with E-state index >= 15 is 0 Å². The topological polar surface area (TPSA) is 57.1 Å². The molecule has 0 aromatic heterocycles. The lowest BCUT2D eigenvalue weighted by Gasteiger charge is -2.34. The maximum absolute atomic E-state index is 13.5. The highest BCUT2D eigenvalue weighted by Crippen LogP contribution is 2.43. The molecular weight excluding hydrogens is 412 g/mol. The summed E-state index contributed by atoms with van der Waals surface area (Å²) in [5.41, 5.74) is -3.91. The number of halogens is 6. The second-order valence-corrected chi connectivity index (χ2v) is 7.49. The van der Waals surface area contributed by atoms with Crippen LogP contribution in [-0.4, -0.2) is 39.2 Å². The van der Waals surface area contributed by atoms with Crippen LogP contribution in [0.15, 0.2) is 29.4 Å². The molecule has 2 N–H and O–H groups in total. The second-order valence-electron chi connectivity index (χ2n) is 7.10. The van der Waals surface area contributed by atoms with Crippen molar-refractivity contribution in [2.24, 2.45) is 10.5 Å². The van der Waals surface area contributed by atoms with Crippen molar-refractivity contribution < 1.29 is 36.2 Å². The number of thiocarbonyl (C=S) groups is 1. The van der Waals surface area contributed by atoms with E-state index in [2.05, 4.69) is 15.2 Å². The molecule has 156 valence electrons. The number of nitrogens with one attached hydrogen (secondary N) is 1. The van der Waals surface area contributed by atoms with E-state index in [1.807, 2.05) is 0 Å². The molecule has 2 rings (SSSR count). The van der Waals surface area contributed by atoms with Crippen molar-refractivity contribution in [1.82, 2.24) is 5.01 Å². The van der Waals surface area contributed by atoms with Gasteiger partial charge in [-0.1, -0.05) is 20.8 Å². The lowest BCUT2D eigenvalue weighted by atomic mass is 9.86. The van der Waals surface area contributed by atoms with E-state index in [0.29, 0.717) is 0 Å². The lowest BCUT2D eigenvalue weighted by molar-refractivity contribution is -0.294. The van der Waals surface area contributed by atoms with Gasteiger partial charge in [0.2, 0.25) is 0 Å². The summed E-state index contributed by atoms with van der Waals surface area (Å²) in [4.78, 5) is 0. The molecule has 1 aliphatic rings. The van der Waals surface area contributed by atoms with Gasteiger partial charge in [-0.25, -0.2) is 0 Å². The lowest BCUT2D eigenvalue weighted by Crippen LogP contribution is -2.57. The van der Waals surface area contributed by atoms with Crippen molar-refractivity contribution in [3.63, 3.8) is 0 Å². The number of anilines is 1. The molecule has 0 aliphatic carbocycles. The number of hydrogen-bond acceptors (Lipinski definition) is 4. The van der Waals surface area contributed by atoms with Crippen LogP contribution in [0.3, 0.4) is 0 Å². The quantitative estimate of drug-likeness (QED) is 0.530. The predicted molar refractivity (Wildman–Crippen MR) is 93.7 cm³/mol. The van der Waals surface area contributed by atoms with Crippen LogP contribution in [0.5, 0.6) is 5.75 Å². The number of alkyl halides is 6. The number of rotatable bonds is 2. The van der Waals surface area contributed by atoms with Crippen LogP contribution in [-0.2, 0) is 0 Å². The molecule has 0 saturated heterocycles. The van der Waals surface area contributed by atoms with E-state index in [1.165, 1.54) is 0 Å². The van der Waals surface area contributed by atoms with Crippen LogP contribution in [0, 0.1) is 5.41 Å². The van der Waals surface area contributed by atoms with Gasteiger partial charge in [-0.05, 0) is 36.5 Å². The number of hydrazone groups is 1. The molecule has 12 heteroatoms. The van der Waals surface area contributed by atoms with Gasteiger partial charge in [0.25, 0.3) is 5.72 Å². The molecule has 28 heavy (non-hydrogen) atoms. The highest BCUT2D eigenvalue weighted by atomic mass is 32.1. The fourth-order valence-electron chi connectivity index (χ4n) is 2.31. The first kappa shape index (κ1) is 22.2. The Hall–Kier alpha value is -2.08. The maximum Gasteiger partial charge on any atom is 0.573 e. The molecule has 0 bridgehead atoms. The molecule has 1 heterocycles. The second kappa shape index (κ2) is 7.07. The average Bonchev–Trinajstić information content (AvgIpc) is 2.87. The molecule has 0 fully saturated rings. The smallest absolute Gasteiger partial charge is 0.406 e. The fraction of sp³-hybridized carbons (Fsp3) is 0.500. The molecule has 0 radical (unpaired) electrons. The summed E-state index contributed by atoms with van der Waals surface area (Å²) in [6.45, 7) is 4.92. The molecule has 0 saturated carbocycles. The van der Waals surface area contributed by atoms with Gasteiger partial charge in [0.15, 0.2) is 5.11 Å². The first-order valence-corrected chi connectivity index (χ1v) is 8.28. The Labute approximate surface area is 162 Å². The molecule has 1 atom stereocenters. The monoisotopic (exact) mass is 429 g/mol. The van der Waals surface area contributed by atoms with Crippen LogP contribution < -0.4 is 10.1 Å². The Morgan fingerprint density at radius 2 is 1.68 bits per heavy atom. The molecule has 5 nitrogen and oxygen atoms in total. The molecule has 0 spiro atoms. The Morgan fingerprint density at radius 1 is 1.14 bits per heavy atom. The van der Waals surface area contributed by atoms with Gasteiger partial charge in [-0.2, -0.15) is 23.3 Å². The Morgan fingerprint density at radius 3 is 2.11 bits per heavy atom. The minimum absolute atomic E-state index is 0.0865. The summed E-state index contributed by atoms with van der Waals surface area (Å²) in [7, 11) is 0. The van der Waals surface area contributed by atoms with E-state index in [0.717, 1.165) is 24.3 Å². The summed E-state index contributed by atoms with van der Waals surface area (Å²) >= 11 is 4.95. The van der Waals surface area contributed by atoms with E-state index < -0.39 is 41.0 Å². The van der Waals surface area contributed by atoms with E-state index in [9.17, 15) is 31.4 Å². The van der Waals surface area contributed by atoms with Gasteiger partial charge in [0.1, 0.15) is 5.75 Å². The summed E-state index contributed by atoms with van der Waals surface area (Å²) in [6.07, 6.45) is -10.7. The largest absolute Gasteiger partial charge is 0.573 e. The molecule has 1 aromatic carbocycles. The van der Waals surface area contributed by atoms with E-state index in [4.69, 9.17) is 12.2 Å².